The lowest BCUT2D eigenvalue weighted by atomic mass is 10.0. The van der Waals surface area contributed by atoms with Crippen LogP contribution in [0.1, 0.15) is 63.2 Å². The van der Waals surface area contributed by atoms with Gasteiger partial charge in [0.15, 0.2) is 5.82 Å². The minimum atomic E-state index is -3.00. The predicted molar refractivity (Wildman–Crippen MR) is 126 cm³/mol. The maximum Gasteiger partial charge on any atom is 0.308 e. The Hall–Kier alpha value is -3.49. The summed E-state index contributed by atoms with van der Waals surface area (Å²) in [5, 5.41) is 18.2. The second-order valence-corrected chi connectivity index (χ2v) is 8.45. The fraction of sp³-hybridized carbons (Fsp3) is 0.400. The Morgan fingerprint density at radius 1 is 0.941 bits per heavy atom. The van der Waals surface area contributed by atoms with E-state index in [2.05, 4.69) is 37.6 Å². The number of aromatic nitrogens is 7. The van der Waals surface area contributed by atoms with Gasteiger partial charge in [-0.25, -0.2) is 14.8 Å². The van der Waals surface area contributed by atoms with Gasteiger partial charge in [-0.15, -0.1) is 10.2 Å². The number of nitrogens with one attached hydrogen (secondary N) is 1. The number of H-pyrrole nitrogens is 1. The molecule has 0 aliphatic rings. The quantitative estimate of drug-likeness (QED) is 0.303. The summed E-state index contributed by atoms with van der Waals surface area (Å²) in [4.78, 5) is 4.25. The zero-order chi connectivity index (χ0) is 24.0. The second kappa shape index (κ2) is 10.6. The van der Waals surface area contributed by atoms with Crippen molar-refractivity contribution < 1.29 is 8.78 Å². The first-order valence-corrected chi connectivity index (χ1v) is 11.8. The first-order valence-electron chi connectivity index (χ1n) is 11.8. The topological polar surface area (TPSA) is 85.2 Å². The molecule has 2 aromatic heterocycles. The molecule has 4 aromatic rings. The molecular formula is C25H29F2N7. The average molecular weight is 466 g/mol. The maximum absolute atomic E-state index is 14.6. The van der Waals surface area contributed by atoms with Crippen LogP contribution < -0.4 is 0 Å². The number of hydrogen-bond donors (Lipinski definition) is 1. The zero-order valence-electron chi connectivity index (χ0n) is 19.5. The van der Waals surface area contributed by atoms with E-state index in [-0.39, 0.29) is 12.2 Å². The smallest absolute Gasteiger partial charge is 0.245 e. The SMILES string of the molecule is CCCCc1nc(C(F)(F)CCCC)nn1Cc1ccc(-c2cccc(-c3nnn[nH]3)c2)cc1. The third-order valence-corrected chi connectivity index (χ3v) is 5.77. The van der Waals surface area contributed by atoms with Crippen molar-refractivity contribution in [3.05, 3.63) is 65.7 Å². The Morgan fingerprint density at radius 3 is 2.41 bits per heavy atom. The standard InChI is InChI=1S/C25H29F2N7/c1-3-5-10-22-28-24(25(26,27)15-6-4-2)31-34(22)17-18-11-13-19(14-12-18)20-8-7-9-21(16-20)23-29-32-33-30-23/h7-9,11-14,16H,3-6,10,15,17H2,1-2H3,(H,29,30,32,33). The third kappa shape index (κ3) is 5.52. The minimum absolute atomic E-state index is 0.224. The number of halogens is 2. The van der Waals surface area contributed by atoms with Gasteiger partial charge in [0.2, 0.25) is 5.82 Å². The van der Waals surface area contributed by atoms with Crippen molar-refractivity contribution >= 4 is 0 Å². The van der Waals surface area contributed by atoms with Gasteiger partial charge in [-0.05, 0) is 46.0 Å². The van der Waals surface area contributed by atoms with E-state index in [0.717, 1.165) is 35.1 Å². The molecule has 0 saturated carbocycles. The van der Waals surface area contributed by atoms with E-state index in [0.29, 0.717) is 37.5 Å². The molecule has 7 nitrogen and oxygen atoms in total. The molecule has 0 unspecified atom stereocenters. The summed E-state index contributed by atoms with van der Waals surface area (Å²) >= 11 is 0. The van der Waals surface area contributed by atoms with Crippen LogP contribution in [-0.2, 0) is 18.9 Å². The minimum Gasteiger partial charge on any atom is -0.245 e. The molecule has 0 spiro atoms. The average Bonchev–Trinajstić information content (AvgIpc) is 3.53. The Labute approximate surface area is 197 Å². The number of nitrogens with zero attached hydrogens (tertiary/aromatic N) is 6. The fourth-order valence-corrected chi connectivity index (χ4v) is 3.79. The zero-order valence-corrected chi connectivity index (χ0v) is 19.5. The highest BCUT2D eigenvalue weighted by Gasteiger charge is 2.36. The molecule has 2 heterocycles. The summed E-state index contributed by atoms with van der Waals surface area (Å²) in [5.41, 5.74) is 3.94. The number of hydrogen-bond acceptors (Lipinski definition) is 5. The Kier molecular flexibility index (Phi) is 7.40. The van der Waals surface area contributed by atoms with E-state index in [1.807, 2.05) is 55.5 Å². The van der Waals surface area contributed by atoms with Crippen molar-refractivity contribution in [2.45, 2.75) is 64.8 Å². The highest BCUT2D eigenvalue weighted by molar-refractivity contribution is 5.70. The monoisotopic (exact) mass is 465 g/mol. The van der Waals surface area contributed by atoms with Gasteiger partial charge in [0.25, 0.3) is 0 Å². The van der Waals surface area contributed by atoms with E-state index >= 15 is 0 Å². The molecule has 4 rings (SSSR count). The van der Waals surface area contributed by atoms with Crippen LogP contribution >= 0.6 is 0 Å². The fourth-order valence-electron chi connectivity index (χ4n) is 3.79. The van der Waals surface area contributed by atoms with Gasteiger partial charge in [0.05, 0.1) is 6.54 Å². The molecule has 9 heteroatoms. The van der Waals surface area contributed by atoms with E-state index in [1.54, 1.807) is 4.68 Å². The lowest BCUT2D eigenvalue weighted by Crippen LogP contribution is -2.16. The summed E-state index contributed by atoms with van der Waals surface area (Å²) in [6, 6.07) is 16.0. The first kappa shape index (κ1) is 23.7. The molecule has 0 fully saturated rings. The van der Waals surface area contributed by atoms with Gasteiger partial charge in [0.1, 0.15) is 5.82 Å². The summed E-state index contributed by atoms with van der Waals surface area (Å²) in [6.07, 6.45) is 3.42. The third-order valence-electron chi connectivity index (χ3n) is 5.77. The number of tetrazole rings is 1. The highest BCUT2D eigenvalue weighted by Crippen LogP contribution is 2.31. The highest BCUT2D eigenvalue weighted by atomic mass is 19.3. The number of aromatic amines is 1. The molecule has 0 aliphatic heterocycles. The van der Waals surface area contributed by atoms with Crippen molar-refractivity contribution in [1.29, 1.82) is 0 Å². The molecule has 0 amide bonds. The normalized spacial score (nSPS) is 11.8. The van der Waals surface area contributed by atoms with E-state index in [9.17, 15) is 8.78 Å². The molecule has 0 saturated heterocycles. The van der Waals surface area contributed by atoms with Crippen LogP contribution in [-0.4, -0.2) is 35.4 Å². The molecule has 1 N–H and O–H groups in total. The van der Waals surface area contributed by atoms with Crippen molar-refractivity contribution in [3.63, 3.8) is 0 Å². The number of rotatable bonds is 11. The van der Waals surface area contributed by atoms with Crippen LogP contribution in [0.3, 0.4) is 0 Å². The van der Waals surface area contributed by atoms with Gasteiger partial charge in [-0.1, -0.05) is 69.2 Å². The molecule has 0 atom stereocenters. The van der Waals surface area contributed by atoms with Crippen LogP contribution in [0.2, 0.25) is 0 Å². The van der Waals surface area contributed by atoms with Crippen LogP contribution in [0.4, 0.5) is 8.78 Å². The molecule has 0 aliphatic carbocycles. The van der Waals surface area contributed by atoms with Crippen molar-refractivity contribution in [1.82, 2.24) is 35.4 Å². The van der Waals surface area contributed by atoms with Crippen LogP contribution in [0.5, 0.6) is 0 Å². The van der Waals surface area contributed by atoms with Gasteiger partial charge in [-0.2, -0.15) is 8.78 Å². The lowest BCUT2D eigenvalue weighted by Gasteiger charge is -2.11. The van der Waals surface area contributed by atoms with E-state index in [1.165, 1.54) is 0 Å². The summed E-state index contributed by atoms with van der Waals surface area (Å²) in [6.45, 7) is 4.38. The van der Waals surface area contributed by atoms with Crippen molar-refractivity contribution in [2.24, 2.45) is 0 Å². The number of aryl methyl sites for hydroxylation is 1. The van der Waals surface area contributed by atoms with Gasteiger partial charge < -0.3 is 0 Å². The maximum atomic E-state index is 14.6. The van der Waals surface area contributed by atoms with Crippen molar-refractivity contribution in [3.8, 4) is 22.5 Å². The number of unbranched alkanes of at least 4 members (excludes halogenated alkanes) is 2. The first-order chi connectivity index (χ1) is 16.5. The summed E-state index contributed by atoms with van der Waals surface area (Å²) in [7, 11) is 0. The van der Waals surface area contributed by atoms with Crippen molar-refractivity contribution in [2.75, 3.05) is 0 Å². The second-order valence-electron chi connectivity index (χ2n) is 8.45. The molecule has 0 radical (unpaired) electrons. The largest absolute Gasteiger partial charge is 0.308 e. The Morgan fingerprint density at radius 2 is 1.71 bits per heavy atom. The summed E-state index contributed by atoms with van der Waals surface area (Å²) in [5.74, 6) is -2.14. The lowest BCUT2D eigenvalue weighted by molar-refractivity contribution is -0.0245. The molecule has 34 heavy (non-hydrogen) atoms. The van der Waals surface area contributed by atoms with Crippen LogP contribution in [0.15, 0.2) is 48.5 Å². The molecular weight excluding hydrogens is 436 g/mol. The van der Waals surface area contributed by atoms with E-state index < -0.39 is 5.92 Å². The van der Waals surface area contributed by atoms with Crippen LogP contribution in [0.25, 0.3) is 22.5 Å². The number of benzene rings is 2. The molecule has 0 bridgehead atoms. The van der Waals surface area contributed by atoms with Gasteiger partial charge in [-0.3, -0.25) is 0 Å². The molecule has 2 aromatic carbocycles. The van der Waals surface area contributed by atoms with Crippen LogP contribution in [0, 0.1) is 0 Å². The molecule has 178 valence electrons. The predicted octanol–water partition coefficient (Wildman–Crippen LogP) is 5.80. The van der Waals surface area contributed by atoms with Gasteiger partial charge >= 0.3 is 5.92 Å². The van der Waals surface area contributed by atoms with Gasteiger partial charge in [0, 0.05) is 18.4 Å². The Balaban J connectivity index is 1.54. The number of alkyl halides is 2. The summed E-state index contributed by atoms with van der Waals surface area (Å²) < 4.78 is 30.9. The van der Waals surface area contributed by atoms with E-state index in [4.69, 9.17) is 0 Å². The Bertz CT molecular complexity index is 1180.